The Morgan fingerprint density at radius 2 is 1.82 bits per heavy atom. The van der Waals surface area contributed by atoms with Gasteiger partial charge in [-0.25, -0.2) is 0 Å². The van der Waals surface area contributed by atoms with Gasteiger partial charge in [0.1, 0.15) is 0 Å². The Balaban J connectivity index is 2.97. The summed E-state index contributed by atoms with van der Waals surface area (Å²) in [5.41, 5.74) is 2.41. The second-order valence-electron chi connectivity index (χ2n) is 5.90. The number of para-hydroxylation sites is 1. The Morgan fingerprint density at radius 1 is 1.24 bits per heavy atom. The molecule has 0 radical (unpaired) electrons. The summed E-state index contributed by atoms with van der Waals surface area (Å²) >= 11 is 0. The molecule has 2 heteroatoms. The van der Waals surface area contributed by atoms with Crippen molar-refractivity contribution in [2.45, 2.75) is 40.2 Å². The highest BCUT2D eigenvalue weighted by atomic mass is 16.3. The molecule has 1 rings (SSSR count). The topological polar surface area (TPSA) is 23.5 Å². The highest BCUT2D eigenvalue weighted by molar-refractivity contribution is 5.54. The third kappa shape index (κ3) is 4.04. The van der Waals surface area contributed by atoms with Gasteiger partial charge in [-0.15, -0.1) is 0 Å². The Morgan fingerprint density at radius 3 is 2.35 bits per heavy atom. The normalized spacial score (nSPS) is 13.5. The Labute approximate surface area is 105 Å². The molecule has 0 aliphatic heterocycles. The summed E-state index contributed by atoms with van der Waals surface area (Å²) in [5.74, 6) is 0. The van der Waals surface area contributed by atoms with E-state index in [9.17, 15) is 5.11 Å². The van der Waals surface area contributed by atoms with Crippen molar-refractivity contribution in [2.75, 3.05) is 18.5 Å². The zero-order valence-electron chi connectivity index (χ0n) is 11.7. The number of rotatable bonds is 4. The SMILES string of the molecule is CC[C@@H](O)c1ccccc1N(C)CC(C)(C)C. The van der Waals surface area contributed by atoms with E-state index in [0.717, 1.165) is 24.2 Å². The van der Waals surface area contributed by atoms with E-state index in [4.69, 9.17) is 0 Å². The molecule has 0 amide bonds. The first-order valence-electron chi connectivity index (χ1n) is 6.33. The largest absolute Gasteiger partial charge is 0.388 e. The van der Waals surface area contributed by atoms with E-state index in [1.807, 2.05) is 25.1 Å². The minimum atomic E-state index is -0.367. The third-order valence-electron chi connectivity index (χ3n) is 2.81. The van der Waals surface area contributed by atoms with Crippen molar-refractivity contribution in [3.63, 3.8) is 0 Å². The Bertz CT molecular complexity index is 354. The molecule has 2 nitrogen and oxygen atoms in total. The van der Waals surface area contributed by atoms with Crippen LogP contribution < -0.4 is 4.90 Å². The summed E-state index contributed by atoms with van der Waals surface area (Å²) in [6.45, 7) is 9.65. The molecule has 0 saturated carbocycles. The van der Waals surface area contributed by atoms with Gasteiger partial charge in [-0.3, -0.25) is 0 Å². The van der Waals surface area contributed by atoms with Crippen LogP contribution in [0, 0.1) is 5.41 Å². The summed E-state index contributed by atoms with van der Waals surface area (Å²) < 4.78 is 0. The van der Waals surface area contributed by atoms with E-state index >= 15 is 0 Å². The lowest BCUT2D eigenvalue weighted by atomic mass is 9.95. The number of anilines is 1. The van der Waals surface area contributed by atoms with Gasteiger partial charge in [0.05, 0.1) is 6.10 Å². The van der Waals surface area contributed by atoms with Crippen molar-refractivity contribution in [1.29, 1.82) is 0 Å². The highest BCUT2D eigenvalue weighted by Crippen LogP contribution is 2.29. The third-order valence-corrected chi connectivity index (χ3v) is 2.81. The molecule has 0 fully saturated rings. The molecule has 0 bridgehead atoms. The molecule has 96 valence electrons. The minimum Gasteiger partial charge on any atom is -0.388 e. The molecule has 0 spiro atoms. The molecular weight excluding hydrogens is 210 g/mol. The molecule has 1 aromatic rings. The average Bonchev–Trinajstić information content (AvgIpc) is 2.25. The molecule has 0 heterocycles. The molecule has 1 N–H and O–H groups in total. The van der Waals surface area contributed by atoms with Gasteiger partial charge in [0.25, 0.3) is 0 Å². The molecule has 1 atom stereocenters. The fraction of sp³-hybridized carbons (Fsp3) is 0.600. The van der Waals surface area contributed by atoms with Gasteiger partial charge >= 0.3 is 0 Å². The van der Waals surface area contributed by atoms with Crippen LogP contribution in [0.3, 0.4) is 0 Å². The minimum absolute atomic E-state index is 0.249. The van der Waals surface area contributed by atoms with Gasteiger partial charge < -0.3 is 10.0 Å². The maximum atomic E-state index is 10.0. The van der Waals surface area contributed by atoms with Crippen LogP contribution in [0.1, 0.15) is 45.8 Å². The van der Waals surface area contributed by atoms with Crippen molar-refractivity contribution in [1.82, 2.24) is 0 Å². The molecule has 17 heavy (non-hydrogen) atoms. The van der Waals surface area contributed by atoms with E-state index in [2.05, 4.69) is 38.8 Å². The van der Waals surface area contributed by atoms with Gasteiger partial charge in [-0.1, -0.05) is 45.9 Å². The molecule has 1 aromatic carbocycles. The highest BCUT2D eigenvalue weighted by Gasteiger charge is 2.17. The predicted molar refractivity (Wildman–Crippen MR) is 74.4 cm³/mol. The van der Waals surface area contributed by atoms with E-state index in [0.29, 0.717) is 0 Å². The van der Waals surface area contributed by atoms with Gasteiger partial charge in [0.15, 0.2) is 0 Å². The lowest BCUT2D eigenvalue weighted by molar-refractivity contribution is 0.174. The van der Waals surface area contributed by atoms with E-state index in [1.54, 1.807) is 0 Å². The molecule has 0 saturated heterocycles. The van der Waals surface area contributed by atoms with Crippen molar-refractivity contribution < 1.29 is 5.11 Å². The summed E-state index contributed by atoms with van der Waals surface area (Å²) in [6.07, 6.45) is 0.383. The number of hydrogen-bond donors (Lipinski definition) is 1. The summed E-state index contributed by atoms with van der Waals surface area (Å²) in [4.78, 5) is 2.23. The number of benzene rings is 1. The lowest BCUT2D eigenvalue weighted by Crippen LogP contribution is -2.30. The van der Waals surface area contributed by atoms with Crippen molar-refractivity contribution in [2.24, 2.45) is 5.41 Å². The molecule has 0 aromatic heterocycles. The second kappa shape index (κ2) is 5.54. The van der Waals surface area contributed by atoms with Crippen LogP contribution in [0.15, 0.2) is 24.3 Å². The van der Waals surface area contributed by atoms with Crippen LogP contribution in [0.5, 0.6) is 0 Å². The fourth-order valence-electron chi connectivity index (χ4n) is 2.13. The van der Waals surface area contributed by atoms with Crippen LogP contribution in [0.4, 0.5) is 5.69 Å². The van der Waals surface area contributed by atoms with Crippen LogP contribution in [0.2, 0.25) is 0 Å². The second-order valence-corrected chi connectivity index (χ2v) is 5.90. The predicted octanol–water partition coefficient (Wildman–Crippen LogP) is 3.61. The maximum absolute atomic E-state index is 10.0. The van der Waals surface area contributed by atoms with Crippen LogP contribution in [0.25, 0.3) is 0 Å². The van der Waals surface area contributed by atoms with Crippen molar-refractivity contribution in [3.05, 3.63) is 29.8 Å². The zero-order valence-corrected chi connectivity index (χ0v) is 11.7. The lowest BCUT2D eigenvalue weighted by Gasteiger charge is -2.30. The number of aliphatic hydroxyl groups is 1. The summed E-state index contributed by atoms with van der Waals surface area (Å²) in [6, 6.07) is 8.12. The van der Waals surface area contributed by atoms with E-state index in [-0.39, 0.29) is 11.5 Å². The molecular formula is C15H25NO. The zero-order chi connectivity index (χ0) is 13.1. The van der Waals surface area contributed by atoms with Crippen molar-refractivity contribution in [3.8, 4) is 0 Å². The van der Waals surface area contributed by atoms with Gasteiger partial charge in [0, 0.05) is 24.8 Å². The number of aliphatic hydroxyl groups excluding tert-OH is 1. The van der Waals surface area contributed by atoms with Crippen LogP contribution in [-0.4, -0.2) is 18.7 Å². The van der Waals surface area contributed by atoms with Gasteiger partial charge in [0.2, 0.25) is 0 Å². The Kier molecular flexibility index (Phi) is 4.58. The molecule has 0 aliphatic carbocycles. The van der Waals surface area contributed by atoms with Crippen molar-refractivity contribution >= 4 is 5.69 Å². The van der Waals surface area contributed by atoms with Gasteiger partial charge in [-0.05, 0) is 17.9 Å². The molecule has 0 aliphatic rings. The summed E-state index contributed by atoms with van der Waals surface area (Å²) in [5, 5.41) is 10.0. The maximum Gasteiger partial charge on any atom is 0.0807 e. The monoisotopic (exact) mass is 235 g/mol. The summed E-state index contributed by atoms with van der Waals surface area (Å²) in [7, 11) is 2.09. The van der Waals surface area contributed by atoms with E-state index in [1.165, 1.54) is 0 Å². The number of hydrogen-bond acceptors (Lipinski definition) is 2. The van der Waals surface area contributed by atoms with Crippen LogP contribution >= 0.6 is 0 Å². The first-order valence-corrected chi connectivity index (χ1v) is 6.33. The smallest absolute Gasteiger partial charge is 0.0807 e. The standard InChI is InChI=1S/C15H25NO/c1-6-14(17)12-9-7-8-10-13(12)16(5)11-15(2,3)4/h7-10,14,17H,6,11H2,1-5H3/t14-/m1/s1. The average molecular weight is 235 g/mol. The Hall–Kier alpha value is -1.02. The van der Waals surface area contributed by atoms with Gasteiger partial charge in [-0.2, -0.15) is 0 Å². The molecule has 0 unspecified atom stereocenters. The first kappa shape index (κ1) is 14.0. The fourth-order valence-corrected chi connectivity index (χ4v) is 2.13. The first-order chi connectivity index (χ1) is 7.85. The number of nitrogens with zero attached hydrogens (tertiary/aromatic N) is 1. The quantitative estimate of drug-likeness (QED) is 0.861. The van der Waals surface area contributed by atoms with E-state index < -0.39 is 0 Å². The van der Waals surface area contributed by atoms with Crippen LogP contribution in [-0.2, 0) is 0 Å².